The van der Waals surface area contributed by atoms with E-state index in [4.69, 9.17) is 0 Å². The zero-order valence-corrected chi connectivity index (χ0v) is 12.6. The van der Waals surface area contributed by atoms with Crippen molar-refractivity contribution in [1.82, 2.24) is 4.98 Å². The molecule has 0 fully saturated rings. The molecule has 19 heavy (non-hydrogen) atoms. The molecular formula is C18H23N. The molecule has 1 nitrogen and oxygen atoms in total. The summed E-state index contributed by atoms with van der Waals surface area (Å²) >= 11 is 0. The molecule has 1 aromatic heterocycles. The molecule has 0 saturated carbocycles. The van der Waals surface area contributed by atoms with Crippen LogP contribution in [0.5, 0.6) is 0 Å². The van der Waals surface area contributed by atoms with Crippen molar-refractivity contribution in [1.29, 1.82) is 0 Å². The molecular weight excluding hydrogens is 230 g/mol. The van der Waals surface area contributed by atoms with Gasteiger partial charge in [-0.15, -0.1) is 0 Å². The van der Waals surface area contributed by atoms with Crippen LogP contribution in [0.1, 0.15) is 40.2 Å². The highest BCUT2D eigenvalue weighted by molar-refractivity contribution is 5.58. The first kappa shape index (κ1) is 13.8. The summed E-state index contributed by atoms with van der Waals surface area (Å²) in [4.78, 5) is 4.63. The predicted molar refractivity (Wildman–Crippen MR) is 82.2 cm³/mol. The zero-order valence-electron chi connectivity index (χ0n) is 12.6. The molecule has 1 heteroatoms. The molecule has 0 atom stereocenters. The number of rotatable bonds is 2. The van der Waals surface area contributed by atoms with Crippen LogP contribution >= 0.6 is 0 Å². The number of aromatic nitrogens is 1. The van der Waals surface area contributed by atoms with Gasteiger partial charge in [-0.2, -0.15) is 0 Å². The molecule has 1 aromatic carbocycles. The Labute approximate surface area is 116 Å². The third-order valence-corrected chi connectivity index (χ3v) is 4.43. The summed E-state index contributed by atoms with van der Waals surface area (Å²) < 4.78 is 0. The van der Waals surface area contributed by atoms with E-state index in [-0.39, 0.29) is 10.8 Å². The van der Waals surface area contributed by atoms with Crippen LogP contribution < -0.4 is 0 Å². The largest absolute Gasteiger partial charge is 0.256 e. The Morgan fingerprint density at radius 3 is 1.89 bits per heavy atom. The molecule has 0 N–H and O–H groups in total. The van der Waals surface area contributed by atoms with Crippen LogP contribution in [0.4, 0.5) is 0 Å². The summed E-state index contributed by atoms with van der Waals surface area (Å²) in [6.07, 6.45) is 2.02. The van der Waals surface area contributed by atoms with Crippen molar-refractivity contribution in [2.45, 2.75) is 40.0 Å². The molecule has 100 valence electrons. The van der Waals surface area contributed by atoms with Crippen molar-refractivity contribution in [2.24, 2.45) is 5.41 Å². The standard InChI is InChI=1S/C18H23N/c1-17(2,3)18(4,5)15-11-12-16(19-13-15)14-9-7-6-8-10-14/h6-13H,1-5H3. The molecule has 0 bridgehead atoms. The van der Waals surface area contributed by atoms with Crippen LogP contribution in [0.25, 0.3) is 11.3 Å². The Morgan fingerprint density at radius 1 is 0.789 bits per heavy atom. The first-order valence-electron chi connectivity index (χ1n) is 6.84. The zero-order chi connectivity index (χ0) is 14.1. The van der Waals surface area contributed by atoms with Crippen LogP contribution in [0, 0.1) is 5.41 Å². The molecule has 0 radical (unpaired) electrons. The Hall–Kier alpha value is -1.63. The maximum Gasteiger partial charge on any atom is 0.0702 e. The molecule has 2 rings (SSSR count). The summed E-state index contributed by atoms with van der Waals surface area (Å²) in [6, 6.07) is 14.6. The lowest BCUT2D eigenvalue weighted by molar-refractivity contribution is 0.225. The van der Waals surface area contributed by atoms with E-state index in [9.17, 15) is 0 Å². The van der Waals surface area contributed by atoms with Crippen LogP contribution in [0.15, 0.2) is 48.7 Å². The first-order valence-corrected chi connectivity index (χ1v) is 6.84. The second-order valence-corrected chi connectivity index (χ2v) is 6.67. The van der Waals surface area contributed by atoms with Gasteiger partial charge in [-0.1, -0.05) is 71.0 Å². The van der Waals surface area contributed by atoms with Crippen molar-refractivity contribution >= 4 is 0 Å². The summed E-state index contributed by atoms with van der Waals surface area (Å²) in [7, 11) is 0. The van der Waals surface area contributed by atoms with Gasteiger partial charge in [0.25, 0.3) is 0 Å². The smallest absolute Gasteiger partial charge is 0.0702 e. The summed E-state index contributed by atoms with van der Waals surface area (Å²) in [5, 5.41) is 0. The van der Waals surface area contributed by atoms with E-state index in [1.54, 1.807) is 0 Å². The van der Waals surface area contributed by atoms with Crippen molar-refractivity contribution in [3.05, 3.63) is 54.2 Å². The van der Waals surface area contributed by atoms with Gasteiger partial charge in [0.2, 0.25) is 0 Å². The topological polar surface area (TPSA) is 12.9 Å². The maximum absolute atomic E-state index is 4.63. The number of benzene rings is 1. The molecule has 0 aliphatic carbocycles. The van der Waals surface area contributed by atoms with Crippen molar-refractivity contribution < 1.29 is 0 Å². The Balaban J connectivity index is 2.35. The van der Waals surface area contributed by atoms with Crippen LogP contribution in [0.3, 0.4) is 0 Å². The van der Waals surface area contributed by atoms with Crippen molar-refractivity contribution in [3.63, 3.8) is 0 Å². The monoisotopic (exact) mass is 253 g/mol. The van der Waals surface area contributed by atoms with Gasteiger partial charge in [0.1, 0.15) is 0 Å². The van der Waals surface area contributed by atoms with E-state index in [2.05, 4.69) is 63.9 Å². The third kappa shape index (κ3) is 2.70. The van der Waals surface area contributed by atoms with Crippen molar-refractivity contribution in [2.75, 3.05) is 0 Å². The number of hydrogen-bond donors (Lipinski definition) is 0. The fourth-order valence-electron chi connectivity index (χ4n) is 1.98. The Morgan fingerprint density at radius 2 is 1.42 bits per heavy atom. The molecule has 0 aliphatic rings. The minimum atomic E-state index is 0.106. The maximum atomic E-state index is 4.63. The Bertz CT molecular complexity index is 530. The van der Waals surface area contributed by atoms with Crippen LogP contribution in [0.2, 0.25) is 0 Å². The first-order chi connectivity index (χ1) is 8.82. The van der Waals surface area contributed by atoms with E-state index in [0.29, 0.717) is 0 Å². The van der Waals surface area contributed by atoms with Crippen molar-refractivity contribution in [3.8, 4) is 11.3 Å². The SMILES string of the molecule is CC(C)(C)C(C)(C)c1ccc(-c2ccccc2)nc1. The second kappa shape index (κ2) is 4.80. The van der Waals surface area contributed by atoms with Crippen LogP contribution in [-0.2, 0) is 5.41 Å². The van der Waals surface area contributed by atoms with E-state index < -0.39 is 0 Å². The fourth-order valence-corrected chi connectivity index (χ4v) is 1.98. The average Bonchev–Trinajstić information content (AvgIpc) is 2.39. The second-order valence-electron chi connectivity index (χ2n) is 6.67. The highest BCUT2D eigenvalue weighted by Gasteiger charge is 2.34. The number of nitrogens with zero attached hydrogens (tertiary/aromatic N) is 1. The lowest BCUT2D eigenvalue weighted by Crippen LogP contribution is -2.34. The van der Waals surface area contributed by atoms with E-state index in [1.165, 1.54) is 11.1 Å². The van der Waals surface area contributed by atoms with Gasteiger partial charge < -0.3 is 0 Å². The number of hydrogen-bond acceptors (Lipinski definition) is 1. The quantitative estimate of drug-likeness (QED) is 0.728. The van der Waals surface area contributed by atoms with Gasteiger partial charge in [-0.25, -0.2) is 0 Å². The molecule has 1 heterocycles. The molecule has 0 aliphatic heterocycles. The minimum absolute atomic E-state index is 0.106. The van der Waals surface area contributed by atoms with E-state index in [0.717, 1.165) is 5.69 Å². The van der Waals surface area contributed by atoms with Gasteiger partial charge in [-0.05, 0) is 22.5 Å². The number of pyridine rings is 1. The molecule has 2 aromatic rings. The normalized spacial score (nSPS) is 12.5. The summed E-state index contributed by atoms with van der Waals surface area (Å²) in [5.74, 6) is 0. The summed E-state index contributed by atoms with van der Waals surface area (Å²) in [6.45, 7) is 11.4. The van der Waals surface area contributed by atoms with Gasteiger partial charge in [0.05, 0.1) is 5.69 Å². The van der Waals surface area contributed by atoms with Gasteiger partial charge in [0, 0.05) is 11.8 Å². The fraction of sp³-hybridized carbons (Fsp3) is 0.389. The lowest BCUT2D eigenvalue weighted by Gasteiger charge is -2.39. The Kier molecular flexibility index (Phi) is 3.49. The van der Waals surface area contributed by atoms with Gasteiger partial charge in [0.15, 0.2) is 0 Å². The third-order valence-electron chi connectivity index (χ3n) is 4.43. The minimum Gasteiger partial charge on any atom is -0.256 e. The predicted octanol–water partition coefficient (Wildman–Crippen LogP) is 5.07. The molecule has 0 saturated heterocycles. The van der Waals surface area contributed by atoms with E-state index >= 15 is 0 Å². The molecule has 0 unspecified atom stereocenters. The van der Waals surface area contributed by atoms with E-state index in [1.807, 2.05) is 24.4 Å². The highest BCUT2D eigenvalue weighted by Crippen LogP contribution is 2.40. The highest BCUT2D eigenvalue weighted by atomic mass is 14.7. The van der Waals surface area contributed by atoms with Gasteiger partial charge in [-0.3, -0.25) is 4.98 Å². The lowest BCUT2D eigenvalue weighted by atomic mass is 9.66. The molecule has 0 amide bonds. The van der Waals surface area contributed by atoms with Gasteiger partial charge >= 0.3 is 0 Å². The van der Waals surface area contributed by atoms with Crippen LogP contribution in [-0.4, -0.2) is 4.98 Å². The summed E-state index contributed by atoms with van der Waals surface area (Å²) in [5.41, 5.74) is 3.81. The molecule has 0 spiro atoms. The average molecular weight is 253 g/mol.